The Kier molecular flexibility index (Phi) is 5.99. The fourth-order valence-electron chi connectivity index (χ4n) is 2.22. The van der Waals surface area contributed by atoms with E-state index in [2.05, 4.69) is 27.5 Å². The second-order valence-corrected chi connectivity index (χ2v) is 4.99. The maximum absolute atomic E-state index is 9.87. The van der Waals surface area contributed by atoms with E-state index in [0.717, 1.165) is 55.7 Å². The second kappa shape index (κ2) is 8.24. The molecule has 0 bridgehead atoms. The van der Waals surface area contributed by atoms with Crippen LogP contribution in [-0.4, -0.2) is 32.3 Å². The number of hydrogen-bond acceptors (Lipinski definition) is 5. The number of aryl methyl sites for hydroxylation is 1. The van der Waals surface area contributed by atoms with E-state index >= 15 is 0 Å². The van der Waals surface area contributed by atoms with Crippen molar-refractivity contribution in [1.29, 1.82) is 0 Å². The highest BCUT2D eigenvalue weighted by molar-refractivity contribution is 5.43. The van der Waals surface area contributed by atoms with Crippen LogP contribution < -0.4 is 4.74 Å². The highest BCUT2D eigenvalue weighted by Crippen LogP contribution is 2.28. The van der Waals surface area contributed by atoms with Gasteiger partial charge in [0, 0.05) is 12.0 Å². The third-order valence-corrected chi connectivity index (χ3v) is 3.30. The first-order valence-corrected chi connectivity index (χ1v) is 7.47. The largest absolute Gasteiger partial charge is 0.508 e. The molecule has 0 saturated carbocycles. The van der Waals surface area contributed by atoms with E-state index in [9.17, 15) is 5.11 Å². The number of nitrogens with one attached hydrogen (secondary N) is 1. The monoisotopic (exact) mass is 290 g/mol. The molecule has 0 spiro atoms. The van der Waals surface area contributed by atoms with Gasteiger partial charge < -0.3 is 9.84 Å². The summed E-state index contributed by atoms with van der Waals surface area (Å²) in [6.07, 6.45) is 5.70. The normalized spacial score (nSPS) is 10.7. The molecule has 21 heavy (non-hydrogen) atoms. The van der Waals surface area contributed by atoms with Crippen LogP contribution in [0.5, 0.6) is 11.5 Å². The molecule has 0 fully saturated rings. The molecule has 1 aromatic carbocycles. The average molecular weight is 290 g/mol. The number of H-pyrrole nitrogens is 1. The maximum Gasteiger partial charge on any atom is 0.174 e. The Bertz CT molecular complexity index is 528. The van der Waals surface area contributed by atoms with Gasteiger partial charge in [-0.1, -0.05) is 24.6 Å². The third-order valence-electron chi connectivity index (χ3n) is 3.30. The summed E-state index contributed by atoms with van der Waals surface area (Å²) in [4.78, 5) is 0. The number of phenols is 1. The van der Waals surface area contributed by atoms with E-state index < -0.39 is 0 Å². The van der Waals surface area contributed by atoms with Gasteiger partial charge >= 0.3 is 0 Å². The van der Waals surface area contributed by atoms with E-state index in [0.29, 0.717) is 12.4 Å². The molecule has 0 atom stereocenters. The number of aromatic nitrogens is 4. The topological polar surface area (TPSA) is 83.9 Å². The molecular weight excluding hydrogens is 268 g/mol. The molecule has 0 unspecified atom stereocenters. The molecule has 0 radical (unpaired) electrons. The number of tetrazole rings is 1. The molecule has 2 N–H and O–H groups in total. The lowest BCUT2D eigenvalue weighted by Gasteiger charge is -2.12. The molecule has 0 saturated heterocycles. The SMILES string of the molecule is CCCc1c(O)cccc1OCCCCCc1nn[nH]n1. The summed E-state index contributed by atoms with van der Waals surface area (Å²) in [5.74, 6) is 1.88. The van der Waals surface area contributed by atoms with Gasteiger partial charge in [-0.05, 0) is 37.8 Å². The summed E-state index contributed by atoms with van der Waals surface area (Å²) in [5, 5.41) is 23.7. The van der Waals surface area contributed by atoms with Crippen LogP contribution in [-0.2, 0) is 12.8 Å². The Morgan fingerprint density at radius 1 is 1.19 bits per heavy atom. The van der Waals surface area contributed by atoms with Crippen molar-refractivity contribution in [3.63, 3.8) is 0 Å². The van der Waals surface area contributed by atoms with E-state index in [1.54, 1.807) is 6.07 Å². The van der Waals surface area contributed by atoms with Gasteiger partial charge in [0.25, 0.3) is 0 Å². The van der Waals surface area contributed by atoms with Gasteiger partial charge in [0.05, 0.1) is 6.61 Å². The summed E-state index contributed by atoms with van der Waals surface area (Å²) in [6.45, 7) is 2.75. The van der Waals surface area contributed by atoms with Crippen molar-refractivity contribution in [1.82, 2.24) is 20.6 Å². The number of ether oxygens (including phenoxy) is 1. The number of nitrogens with zero attached hydrogens (tertiary/aromatic N) is 3. The smallest absolute Gasteiger partial charge is 0.174 e. The molecule has 2 rings (SSSR count). The van der Waals surface area contributed by atoms with Gasteiger partial charge in [0.15, 0.2) is 5.82 Å². The van der Waals surface area contributed by atoms with Crippen LogP contribution in [0.3, 0.4) is 0 Å². The zero-order valence-corrected chi connectivity index (χ0v) is 12.4. The zero-order valence-electron chi connectivity index (χ0n) is 12.4. The van der Waals surface area contributed by atoms with Crippen LogP contribution in [0.1, 0.15) is 44.0 Å². The lowest BCUT2D eigenvalue weighted by Crippen LogP contribution is -2.01. The number of hydrogen-bond donors (Lipinski definition) is 2. The molecule has 6 nitrogen and oxygen atoms in total. The van der Waals surface area contributed by atoms with Gasteiger partial charge in [0.2, 0.25) is 0 Å². The summed E-state index contributed by atoms with van der Waals surface area (Å²) in [7, 11) is 0. The first-order chi connectivity index (χ1) is 10.3. The molecule has 0 aliphatic heterocycles. The highest BCUT2D eigenvalue weighted by atomic mass is 16.5. The molecule has 0 aliphatic carbocycles. The number of aromatic amines is 1. The molecule has 0 amide bonds. The van der Waals surface area contributed by atoms with Crippen LogP contribution >= 0.6 is 0 Å². The van der Waals surface area contributed by atoms with E-state index in [1.165, 1.54) is 0 Å². The minimum absolute atomic E-state index is 0.325. The minimum Gasteiger partial charge on any atom is -0.508 e. The Morgan fingerprint density at radius 2 is 2.10 bits per heavy atom. The van der Waals surface area contributed by atoms with E-state index in [4.69, 9.17) is 4.74 Å². The van der Waals surface area contributed by atoms with Crippen molar-refractivity contribution in [3.05, 3.63) is 29.6 Å². The van der Waals surface area contributed by atoms with E-state index in [1.807, 2.05) is 12.1 Å². The summed E-state index contributed by atoms with van der Waals surface area (Å²) in [5.41, 5.74) is 0.909. The Balaban J connectivity index is 1.69. The summed E-state index contributed by atoms with van der Waals surface area (Å²) >= 11 is 0. The second-order valence-electron chi connectivity index (χ2n) is 4.99. The van der Waals surface area contributed by atoms with Crippen molar-refractivity contribution in [2.24, 2.45) is 0 Å². The fourth-order valence-corrected chi connectivity index (χ4v) is 2.22. The third kappa shape index (κ3) is 4.73. The van der Waals surface area contributed by atoms with Crippen LogP contribution in [0.15, 0.2) is 18.2 Å². The zero-order chi connectivity index (χ0) is 14.9. The Hall–Kier alpha value is -2.11. The number of rotatable bonds is 9. The Morgan fingerprint density at radius 3 is 2.86 bits per heavy atom. The van der Waals surface area contributed by atoms with Gasteiger partial charge in [-0.2, -0.15) is 5.21 Å². The predicted octanol–water partition coefficient (Wildman–Crippen LogP) is 2.65. The van der Waals surface area contributed by atoms with Crippen LogP contribution in [0, 0.1) is 0 Å². The summed E-state index contributed by atoms with van der Waals surface area (Å²) < 4.78 is 5.80. The first kappa shape index (κ1) is 15.3. The molecule has 2 aromatic rings. The molecule has 1 aromatic heterocycles. The number of benzene rings is 1. The average Bonchev–Trinajstić information content (AvgIpc) is 2.99. The highest BCUT2D eigenvalue weighted by Gasteiger charge is 2.07. The fraction of sp³-hybridized carbons (Fsp3) is 0.533. The molecule has 114 valence electrons. The van der Waals surface area contributed by atoms with E-state index in [-0.39, 0.29) is 0 Å². The molecule has 0 aliphatic rings. The Labute approximate surface area is 124 Å². The quantitative estimate of drug-likeness (QED) is 0.694. The number of aromatic hydroxyl groups is 1. The van der Waals surface area contributed by atoms with Crippen LogP contribution in [0.25, 0.3) is 0 Å². The minimum atomic E-state index is 0.325. The molecule has 1 heterocycles. The van der Waals surface area contributed by atoms with Gasteiger partial charge in [-0.3, -0.25) is 0 Å². The maximum atomic E-state index is 9.87. The lowest BCUT2D eigenvalue weighted by atomic mass is 10.1. The van der Waals surface area contributed by atoms with Crippen molar-refractivity contribution in [3.8, 4) is 11.5 Å². The van der Waals surface area contributed by atoms with Gasteiger partial charge in [0.1, 0.15) is 11.5 Å². The van der Waals surface area contributed by atoms with Crippen molar-refractivity contribution in [2.75, 3.05) is 6.61 Å². The summed E-state index contributed by atoms with van der Waals surface area (Å²) in [6, 6.07) is 5.45. The number of unbranched alkanes of at least 4 members (excludes halogenated alkanes) is 2. The van der Waals surface area contributed by atoms with Crippen molar-refractivity contribution in [2.45, 2.75) is 45.4 Å². The van der Waals surface area contributed by atoms with Crippen LogP contribution in [0.2, 0.25) is 0 Å². The predicted molar refractivity (Wildman–Crippen MR) is 79.3 cm³/mol. The van der Waals surface area contributed by atoms with Crippen molar-refractivity contribution >= 4 is 0 Å². The first-order valence-electron chi connectivity index (χ1n) is 7.47. The molecule has 6 heteroatoms. The standard InChI is InChI=1S/C15H22N4O2/c1-2-7-12-13(20)8-6-9-14(12)21-11-5-3-4-10-15-16-18-19-17-15/h6,8-9,20H,2-5,7,10-11H2,1H3,(H,16,17,18,19). The molecular formula is C15H22N4O2. The van der Waals surface area contributed by atoms with Gasteiger partial charge in [-0.25, -0.2) is 0 Å². The van der Waals surface area contributed by atoms with Gasteiger partial charge in [-0.15, -0.1) is 10.2 Å². The van der Waals surface area contributed by atoms with Crippen molar-refractivity contribution < 1.29 is 9.84 Å². The number of phenolic OH excluding ortho intramolecular Hbond substituents is 1. The van der Waals surface area contributed by atoms with Crippen LogP contribution in [0.4, 0.5) is 0 Å². The lowest BCUT2D eigenvalue weighted by molar-refractivity contribution is 0.299.